The molecule has 390 valence electrons. The number of carbonyl (C=O) groups excluding carboxylic acids is 1. The van der Waals surface area contributed by atoms with Crippen molar-refractivity contribution in [3.05, 3.63) is 0 Å². The molecule has 0 rings (SSSR count). The van der Waals surface area contributed by atoms with Gasteiger partial charge in [-0.1, -0.05) is 271 Å². The molecule has 0 heterocycles. The molecule has 0 amide bonds. The molecular formula is C56H115NO7P+. The van der Waals surface area contributed by atoms with E-state index in [2.05, 4.69) is 20.8 Å². The number of nitrogens with zero attached hydrogens (tertiary/aromatic N) is 1. The summed E-state index contributed by atoms with van der Waals surface area (Å²) in [6, 6.07) is 0. The van der Waals surface area contributed by atoms with Crippen LogP contribution in [-0.2, 0) is 27.9 Å². The van der Waals surface area contributed by atoms with Crippen molar-refractivity contribution in [1.82, 2.24) is 0 Å². The van der Waals surface area contributed by atoms with E-state index in [4.69, 9.17) is 18.5 Å². The number of hydrogen-bond acceptors (Lipinski definition) is 6. The van der Waals surface area contributed by atoms with Crippen LogP contribution in [0.2, 0.25) is 0 Å². The number of unbranched alkanes of at least 4 members (excludes halogenated alkanes) is 35. The molecule has 8 nitrogen and oxygen atoms in total. The Balaban J connectivity index is 4.92. The van der Waals surface area contributed by atoms with E-state index in [1.165, 1.54) is 244 Å². The van der Waals surface area contributed by atoms with Crippen molar-refractivity contribution >= 4 is 13.8 Å². The van der Waals surface area contributed by atoms with E-state index >= 15 is 0 Å². The van der Waals surface area contributed by atoms with E-state index in [-0.39, 0.29) is 25.8 Å². The zero-order chi connectivity index (χ0) is 47.8. The summed E-state index contributed by atoms with van der Waals surface area (Å²) < 4.78 is 36.0. The molecule has 9 heteroatoms. The number of quaternary nitrogens is 1. The number of esters is 1. The second kappa shape index (κ2) is 48.5. The lowest BCUT2D eigenvalue weighted by Crippen LogP contribution is -2.37. The van der Waals surface area contributed by atoms with Gasteiger partial charge in [0, 0.05) is 13.0 Å². The number of ether oxygens (including phenoxy) is 2. The Kier molecular flexibility index (Phi) is 48.1. The van der Waals surface area contributed by atoms with Gasteiger partial charge in [-0.2, -0.15) is 0 Å². The Bertz CT molecular complexity index is 995. The summed E-state index contributed by atoms with van der Waals surface area (Å²) in [5.74, 6) is 0.249. The van der Waals surface area contributed by atoms with Crippen molar-refractivity contribution in [3.63, 3.8) is 0 Å². The van der Waals surface area contributed by atoms with E-state index in [0.717, 1.165) is 19.3 Å². The highest BCUT2D eigenvalue weighted by molar-refractivity contribution is 7.47. The number of hydrogen-bond donors (Lipinski definition) is 1. The second-order valence-corrected chi connectivity index (χ2v) is 22.6. The molecule has 0 saturated carbocycles. The fraction of sp³-hybridized carbons (Fsp3) is 0.982. The molecule has 0 bridgehead atoms. The van der Waals surface area contributed by atoms with Gasteiger partial charge in [0.15, 0.2) is 0 Å². The summed E-state index contributed by atoms with van der Waals surface area (Å²) in [7, 11) is 1.69. The van der Waals surface area contributed by atoms with Crippen LogP contribution < -0.4 is 0 Å². The minimum atomic E-state index is -4.30. The van der Waals surface area contributed by atoms with E-state index in [9.17, 15) is 14.3 Å². The number of carbonyl (C=O) groups is 1. The van der Waals surface area contributed by atoms with Crippen LogP contribution >= 0.6 is 7.82 Å². The SMILES string of the molecule is CCCCCCCCCCCCCCCCOC[C@H](COP(=O)(O)OCC[N+](C)(C)C)OC(=O)CCC(CCCCCCCCCCCCCC)CCCCCCCCCCCCCC. The molecule has 0 saturated heterocycles. The Morgan fingerprint density at radius 1 is 0.446 bits per heavy atom. The predicted molar refractivity (Wildman–Crippen MR) is 280 cm³/mol. The highest BCUT2D eigenvalue weighted by Crippen LogP contribution is 2.43. The second-order valence-electron chi connectivity index (χ2n) is 21.2. The van der Waals surface area contributed by atoms with Crippen molar-refractivity contribution < 1.29 is 37.3 Å². The van der Waals surface area contributed by atoms with Gasteiger partial charge in [-0.15, -0.1) is 0 Å². The first-order chi connectivity index (χ1) is 31.5. The average molecular weight is 946 g/mol. The first-order valence-electron chi connectivity index (χ1n) is 28.7. The zero-order valence-electron chi connectivity index (χ0n) is 44.7. The normalized spacial score (nSPS) is 13.5. The number of phosphoric ester groups is 1. The Hall–Kier alpha value is -0.500. The molecule has 65 heavy (non-hydrogen) atoms. The lowest BCUT2D eigenvalue weighted by Gasteiger charge is -2.24. The maximum Gasteiger partial charge on any atom is 0.472 e. The fourth-order valence-electron chi connectivity index (χ4n) is 8.92. The van der Waals surface area contributed by atoms with Gasteiger partial charge in [0.25, 0.3) is 0 Å². The van der Waals surface area contributed by atoms with Crippen molar-refractivity contribution in [1.29, 1.82) is 0 Å². The molecule has 0 aromatic rings. The van der Waals surface area contributed by atoms with Crippen molar-refractivity contribution in [2.24, 2.45) is 5.92 Å². The first kappa shape index (κ1) is 64.5. The van der Waals surface area contributed by atoms with Gasteiger partial charge in [0.05, 0.1) is 34.4 Å². The molecule has 0 fully saturated rings. The van der Waals surface area contributed by atoms with Crippen LogP contribution in [0.4, 0.5) is 0 Å². The first-order valence-corrected chi connectivity index (χ1v) is 30.2. The quantitative estimate of drug-likeness (QED) is 0.0281. The standard InChI is InChI=1S/C56H114NO7P/c1-7-10-13-16-19-22-25-28-29-32-35-38-41-44-50-61-52-55(53-63-65(59,60)62-51-49-57(4,5)6)64-56(58)48-47-54(45-42-39-36-33-30-26-23-20-17-14-11-8-2)46-43-40-37-34-31-27-24-21-18-15-12-9-3/h54-55H,7-53H2,1-6H3/p+1/t55-/m1/s1. The van der Waals surface area contributed by atoms with Crippen molar-refractivity contribution in [3.8, 4) is 0 Å². The predicted octanol–water partition coefficient (Wildman–Crippen LogP) is 17.8. The molecule has 1 unspecified atom stereocenters. The summed E-state index contributed by atoms with van der Waals surface area (Å²) in [5.41, 5.74) is 0. The van der Waals surface area contributed by atoms with Gasteiger partial charge < -0.3 is 18.9 Å². The van der Waals surface area contributed by atoms with Crippen LogP contribution in [0.5, 0.6) is 0 Å². The third-order valence-corrected chi connectivity index (χ3v) is 14.4. The highest BCUT2D eigenvalue weighted by atomic mass is 31.2. The van der Waals surface area contributed by atoms with Gasteiger partial charge in [0.2, 0.25) is 0 Å². The molecule has 0 aliphatic carbocycles. The van der Waals surface area contributed by atoms with E-state index in [1.807, 2.05) is 21.1 Å². The third kappa shape index (κ3) is 51.2. The van der Waals surface area contributed by atoms with Crippen LogP contribution in [0.3, 0.4) is 0 Å². The zero-order valence-corrected chi connectivity index (χ0v) is 45.6. The molecule has 0 radical (unpaired) electrons. The van der Waals surface area contributed by atoms with Crippen LogP contribution in [0.25, 0.3) is 0 Å². The number of likely N-dealkylation sites (N-methyl/N-ethyl adjacent to an activating group) is 1. The monoisotopic (exact) mass is 945 g/mol. The Labute approximate surface area is 406 Å². The van der Waals surface area contributed by atoms with Gasteiger partial charge in [-0.25, -0.2) is 4.57 Å². The van der Waals surface area contributed by atoms with Gasteiger partial charge >= 0.3 is 13.8 Å². The summed E-state index contributed by atoms with van der Waals surface area (Å²) in [6.07, 6.45) is 53.4. The van der Waals surface area contributed by atoms with Crippen LogP contribution in [0, 0.1) is 5.92 Å². The van der Waals surface area contributed by atoms with Crippen molar-refractivity contribution in [2.45, 2.75) is 297 Å². The Morgan fingerprint density at radius 3 is 1.14 bits per heavy atom. The van der Waals surface area contributed by atoms with Crippen LogP contribution in [0.1, 0.15) is 290 Å². The molecular weight excluding hydrogens is 830 g/mol. The Morgan fingerprint density at radius 2 is 0.785 bits per heavy atom. The minimum absolute atomic E-state index is 0.0944. The van der Waals surface area contributed by atoms with Gasteiger partial charge in [0.1, 0.15) is 19.3 Å². The molecule has 0 aliphatic rings. The van der Waals surface area contributed by atoms with E-state index in [0.29, 0.717) is 30.0 Å². The number of rotatable bonds is 54. The minimum Gasteiger partial charge on any atom is -0.457 e. The summed E-state index contributed by atoms with van der Waals surface area (Å²) >= 11 is 0. The maximum absolute atomic E-state index is 13.4. The maximum atomic E-state index is 13.4. The van der Waals surface area contributed by atoms with Crippen LogP contribution in [-0.4, -0.2) is 75.6 Å². The summed E-state index contributed by atoms with van der Waals surface area (Å²) in [6.45, 7) is 7.99. The molecule has 1 N–H and O–H groups in total. The summed E-state index contributed by atoms with van der Waals surface area (Å²) in [4.78, 5) is 23.8. The molecule has 0 aliphatic heterocycles. The van der Waals surface area contributed by atoms with Crippen LogP contribution in [0.15, 0.2) is 0 Å². The molecule has 2 atom stereocenters. The lowest BCUT2D eigenvalue weighted by molar-refractivity contribution is -0.870. The van der Waals surface area contributed by atoms with E-state index < -0.39 is 13.9 Å². The topological polar surface area (TPSA) is 91.3 Å². The lowest BCUT2D eigenvalue weighted by atomic mass is 9.90. The average Bonchev–Trinajstić information content (AvgIpc) is 3.27. The molecule has 0 aromatic heterocycles. The number of phosphoric acid groups is 1. The smallest absolute Gasteiger partial charge is 0.457 e. The van der Waals surface area contributed by atoms with Gasteiger partial charge in [-0.3, -0.25) is 13.8 Å². The highest BCUT2D eigenvalue weighted by Gasteiger charge is 2.26. The fourth-order valence-corrected chi connectivity index (χ4v) is 9.66. The largest absolute Gasteiger partial charge is 0.472 e. The van der Waals surface area contributed by atoms with Gasteiger partial charge in [-0.05, 0) is 18.8 Å². The third-order valence-electron chi connectivity index (χ3n) is 13.4. The molecule has 0 aromatic carbocycles. The van der Waals surface area contributed by atoms with Crippen molar-refractivity contribution in [2.75, 3.05) is 54.1 Å². The van der Waals surface area contributed by atoms with E-state index in [1.54, 1.807) is 0 Å². The molecule has 0 spiro atoms. The summed E-state index contributed by atoms with van der Waals surface area (Å²) in [5, 5.41) is 0.